The molecule has 2 N–H and O–H groups in total. The van der Waals surface area contributed by atoms with Crippen LogP contribution in [0.15, 0.2) is 12.3 Å². The van der Waals surface area contributed by atoms with Crippen molar-refractivity contribution in [1.82, 2.24) is 4.98 Å². The van der Waals surface area contributed by atoms with Crippen LogP contribution in [0.2, 0.25) is 0 Å². The van der Waals surface area contributed by atoms with Gasteiger partial charge in [-0.1, -0.05) is 0 Å². The van der Waals surface area contributed by atoms with Crippen LogP contribution < -0.4 is 0 Å². The molecule has 0 aliphatic rings. The van der Waals surface area contributed by atoms with Crippen LogP contribution in [0.5, 0.6) is 0 Å². The Morgan fingerprint density at radius 3 is 2.73 bits per heavy atom. The third kappa shape index (κ3) is 2.63. The van der Waals surface area contributed by atoms with Crippen LogP contribution in [0.4, 0.5) is 4.39 Å². The third-order valence-electron chi connectivity index (χ3n) is 1.83. The SMILES string of the molecule is N#Cc1ncc(C(O)C(O)CCl)cc1F. The van der Waals surface area contributed by atoms with E-state index in [0.29, 0.717) is 0 Å². The number of hydrogen-bond acceptors (Lipinski definition) is 4. The van der Waals surface area contributed by atoms with Crippen LogP contribution in [-0.4, -0.2) is 27.2 Å². The van der Waals surface area contributed by atoms with E-state index in [4.69, 9.17) is 16.9 Å². The van der Waals surface area contributed by atoms with Gasteiger partial charge >= 0.3 is 0 Å². The highest BCUT2D eigenvalue weighted by atomic mass is 35.5. The molecule has 15 heavy (non-hydrogen) atoms. The van der Waals surface area contributed by atoms with Crippen LogP contribution in [0.3, 0.4) is 0 Å². The van der Waals surface area contributed by atoms with Gasteiger partial charge in [0.05, 0.1) is 12.0 Å². The second kappa shape index (κ2) is 5.03. The van der Waals surface area contributed by atoms with Gasteiger partial charge < -0.3 is 10.2 Å². The largest absolute Gasteiger partial charge is 0.389 e. The molecule has 80 valence electrons. The van der Waals surface area contributed by atoms with E-state index < -0.39 is 18.0 Å². The van der Waals surface area contributed by atoms with Gasteiger partial charge in [-0.2, -0.15) is 5.26 Å². The van der Waals surface area contributed by atoms with Crippen molar-refractivity contribution in [3.05, 3.63) is 29.3 Å². The van der Waals surface area contributed by atoms with E-state index in [2.05, 4.69) is 4.98 Å². The zero-order valence-electron chi connectivity index (χ0n) is 7.56. The van der Waals surface area contributed by atoms with Gasteiger partial charge in [0.2, 0.25) is 0 Å². The molecule has 1 rings (SSSR count). The van der Waals surface area contributed by atoms with Gasteiger partial charge in [0.25, 0.3) is 0 Å². The fourth-order valence-electron chi connectivity index (χ4n) is 1.00. The molecular weight excluding hydrogens is 223 g/mol. The summed E-state index contributed by atoms with van der Waals surface area (Å²) in [5.41, 5.74) is -0.272. The molecule has 2 atom stereocenters. The van der Waals surface area contributed by atoms with E-state index in [1.165, 1.54) is 0 Å². The Bertz CT molecular complexity index is 394. The van der Waals surface area contributed by atoms with E-state index in [9.17, 15) is 14.6 Å². The maximum atomic E-state index is 13.1. The second-order valence-electron chi connectivity index (χ2n) is 2.88. The minimum absolute atomic E-state index is 0.0830. The first-order valence-electron chi connectivity index (χ1n) is 4.07. The summed E-state index contributed by atoms with van der Waals surface area (Å²) in [4.78, 5) is 3.48. The van der Waals surface area contributed by atoms with Crippen molar-refractivity contribution < 1.29 is 14.6 Å². The molecule has 0 aliphatic heterocycles. The maximum absolute atomic E-state index is 13.1. The lowest BCUT2D eigenvalue weighted by molar-refractivity contribution is 0.0323. The molecule has 1 aromatic heterocycles. The standard InChI is InChI=1S/C9H8ClFN2O2/c10-2-8(14)9(15)5-1-6(11)7(3-12)13-4-5/h1,4,8-9,14-15H,2H2. The molecule has 0 amide bonds. The summed E-state index contributed by atoms with van der Waals surface area (Å²) in [6.45, 7) is 0. The number of hydrogen-bond donors (Lipinski definition) is 2. The molecule has 6 heteroatoms. The van der Waals surface area contributed by atoms with E-state index >= 15 is 0 Å². The number of pyridine rings is 1. The summed E-state index contributed by atoms with van der Waals surface area (Å²) in [5, 5.41) is 27.1. The van der Waals surface area contributed by atoms with Crippen molar-refractivity contribution in [3.63, 3.8) is 0 Å². The minimum atomic E-state index is -1.31. The van der Waals surface area contributed by atoms with Crippen LogP contribution in [-0.2, 0) is 0 Å². The summed E-state index contributed by atoms with van der Waals surface area (Å²) < 4.78 is 13.1. The molecule has 0 saturated heterocycles. The minimum Gasteiger partial charge on any atom is -0.389 e. The molecule has 1 aromatic rings. The molecule has 0 bridgehead atoms. The van der Waals surface area contributed by atoms with Crippen molar-refractivity contribution in [1.29, 1.82) is 5.26 Å². The molecule has 0 fully saturated rings. The smallest absolute Gasteiger partial charge is 0.176 e. The summed E-state index contributed by atoms with van der Waals surface area (Å²) >= 11 is 5.32. The number of nitriles is 1. The fraction of sp³-hybridized carbons (Fsp3) is 0.333. The Labute approximate surface area is 90.6 Å². The highest BCUT2D eigenvalue weighted by molar-refractivity contribution is 6.18. The Balaban J connectivity index is 2.98. The first-order valence-corrected chi connectivity index (χ1v) is 4.61. The molecule has 0 radical (unpaired) electrons. The molecule has 2 unspecified atom stereocenters. The number of aromatic nitrogens is 1. The average molecular weight is 231 g/mol. The van der Waals surface area contributed by atoms with Crippen molar-refractivity contribution >= 4 is 11.6 Å². The summed E-state index contributed by atoms with van der Waals surface area (Å²) in [6.07, 6.45) is -1.37. The highest BCUT2D eigenvalue weighted by Crippen LogP contribution is 2.18. The average Bonchev–Trinajstić information content (AvgIpc) is 2.26. The summed E-state index contributed by atoms with van der Waals surface area (Å²) in [6, 6.07) is 2.50. The Hall–Kier alpha value is -1.22. The van der Waals surface area contributed by atoms with Crippen molar-refractivity contribution in [2.24, 2.45) is 0 Å². The predicted molar refractivity (Wildman–Crippen MR) is 50.6 cm³/mol. The molecule has 4 nitrogen and oxygen atoms in total. The van der Waals surface area contributed by atoms with Gasteiger partial charge in [-0.3, -0.25) is 0 Å². The van der Waals surface area contributed by atoms with E-state index in [1.54, 1.807) is 6.07 Å². The lowest BCUT2D eigenvalue weighted by Crippen LogP contribution is -2.20. The number of halogens is 2. The Morgan fingerprint density at radius 1 is 1.60 bits per heavy atom. The van der Waals surface area contributed by atoms with Crippen LogP contribution >= 0.6 is 11.6 Å². The number of aliphatic hydroxyl groups is 2. The summed E-state index contributed by atoms with van der Waals surface area (Å²) in [7, 11) is 0. The van der Waals surface area contributed by atoms with Crippen molar-refractivity contribution in [2.75, 3.05) is 5.88 Å². The van der Waals surface area contributed by atoms with Crippen LogP contribution in [0.25, 0.3) is 0 Å². The number of rotatable bonds is 3. The van der Waals surface area contributed by atoms with E-state index in [0.717, 1.165) is 12.3 Å². The van der Waals surface area contributed by atoms with Gasteiger partial charge in [0.15, 0.2) is 11.5 Å². The van der Waals surface area contributed by atoms with Crippen LogP contribution in [0, 0.1) is 17.1 Å². The van der Waals surface area contributed by atoms with Gasteiger partial charge in [-0.05, 0) is 6.07 Å². The molecule has 0 saturated carbocycles. The lowest BCUT2D eigenvalue weighted by Gasteiger charge is -2.15. The third-order valence-corrected chi connectivity index (χ3v) is 2.15. The zero-order chi connectivity index (χ0) is 11.4. The van der Waals surface area contributed by atoms with E-state index in [-0.39, 0.29) is 17.1 Å². The van der Waals surface area contributed by atoms with Gasteiger partial charge in [-0.25, -0.2) is 9.37 Å². The van der Waals surface area contributed by atoms with Gasteiger partial charge in [0.1, 0.15) is 12.2 Å². The Morgan fingerprint density at radius 2 is 2.27 bits per heavy atom. The van der Waals surface area contributed by atoms with E-state index in [1.807, 2.05) is 0 Å². The highest BCUT2D eigenvalue weighted by Gasteiger charge is 2.19. The first-order chi connectivity index (χ1) is 7.10. The number of alkyl halides is 1. The van der Waals surface area contributed by atoms with Crippen molar-refractivity contribution in [2.45, 2.75) is 12.2 Å². The van der Waals surface area contributed by atoms with Gasteiger partial charge in [0, 0.05) is 11.8 Å². The maximum Gasteiger partial charge on any atom is 0.176 e. The molecule has 1 heterocycles. The topological polar surface area (TPSA) is 77.1 Å². The lowest BCUT2D eigenvalue weighted by atomic mass is 10.1. The molecule has 0 spiro atoms. The Kier molecular flexibility index (Phi) is 3.97. The van der Waals surface area contributed by atoms with Crippen molar-refractivity contribution in [3.8, 4) is 6.07 Å². The molecule has 0 aromatic carbocycles. The number of aliphatic hydroxyl groups excluding tert-OH is 2. The number of nitrogens with zero attached hydrogens (tertiary/aromatic N) is 2. The predicted octanol–water partition coefficient (Wildman–Crippen LogP) is 0.725. The quantitative estimate of drug-likeness (QED) is 0.751. The second-order valence-corrected chi connectivity index (χ2v) is 3.19. The summed E-state index contributed by atoms with van der Waals surface area (Å²) in [5.74, 6) is -1.01. The first kappa shape index (κ1) is 11.9. The zero-order valence-corrected chi connectivity index (χ0v) is 8.32. The molecule has 0 aliphatic carbocycles. The molecular formula is C9H8ClFN2O2. The fourth-order valence-corrected chi connectivity index (χ4v) is 1.17. The van der Waals surface area contributed by atoms with Gasteiger partial charge in [-0.15, -0.1) is 11.6 Å². The van der Waals surface area contributed by atoms with Crippen LogP contribution in [0.1, 0.15) is 17.4 Å². The normalized spacial score (nSPS) is 14.3. The monoisotopic (exact) mass is 230 g/mol.